The lowest BCUT2D eigenvalue weighted by Gasteiger charge is -2.10. The standard InChI is InChI=1S/C23H18N4O3/c28-23(26-13-15-6-7-19-20(11-15)30-14-29-19)17-8-10-24-21(12-17)27-18-5-1-3-16-4-2-9-25-22(16)18/h1-12H,13-14H2,(H,24,27)(H,26,28). The molecule has 5 rings (SSSR count). The van der Waals surface area contributed by atoms with Crippen molar-refractivity contribution in [3.05, 3.63) is 84.2 Å². The Morgan fingerprint density at radius 1 is 0.933 bits per heavy atom. The fraction of sp³-hybridized carbons (Fsp3) is 0.0870. The number of pyridine rings is 2. The van der Waals surface area contributed by atoms with E-state index in [2.05, 4.69) is 20.6 Å². The maximum Gasteiger partial charge on any atom is 0.251 e. The first-order chi connectivity index (χ1) is 14.8. The molecule has 4 aromatic rings. The molecule has 0 unspecified atom stereocenters. The predicted molar refractivity (Wildman–Crippen MR) is 113 cm³/mol. The number of hydrogen-bond donors (Lipinski definition) is 2. The van der Waals surface area contributed by atoms with E-state index in [-0.39, 0.29) is 12.7 Å². The van der Waals surface area contributed by atoms with E-state index in [1.807, 2.05) is 48.5 Å². The summed E-state index contributed by atoms with van der Waals surface area (Å²) in [4.78, 5) is 21.4. The molecule has 0 saturated heterocycles. The molecule has 148 valence electrons. The second-order valence-corrected chi connectivity index (χ2v) is 6.81. The number of aromatic nitrogens is 2. The quantitative estimate of drug-likeness (QED) is 0.528. The van der Waals surface area contributed by atoms with Crippen LogP contribution in [-0.2, 0) is 6.54 Å². The summed E-state index contributed by atoms with van der Waals surface area (Å²) >= 11 is 0. The average Bonchev–Trinajstić information content (AvgIpc) is 3.26. The normalized spacial score (nSPS) is 12.0. The fourth-order valence-corrected chi connectivity index (χ4v) is 3.32. The molecule has 0 fully saturated rings. The summed E-state index contributed by atoms with van der Waals surface area (Å²) in [5.74, 6) is 1.80. The van der Waals surface area contributed by atoms with Crippen molar-refractivity contribution in [2.24, 2.45) is 0 Å². The van der Waals surface area contributed by atoms with Crippen LogP contribution in [0.4, 0.5) is 11.5 Å². The molecule has 2 N–H and O–H groups in total. The van der Waals surface area contributed by atoms with Crippen molar-refractivity contribution in [1.82, 2.24) is 15.3 Å². The molecule has 2 aromatic heterocycles. The van der Waals surface area contributed by atoms with Crippen LogP contribution < -0.4 is 20.1 Å². The van der Waals surface area contributed by atoms with E-state index < -0.39 is 0 Å². The van der Waals surface area contributed by atoms with Crippen LogP contribution >= 0.6 is 0 Å². The lowest BCUT2D eigenvalue weighted by Crippen LogP contribution is -2.22. The summed E-state index contributed by atoms with van der Waals surface area (Å²) in [6.07, 6.45) is 3.36. The van der Waals surface area contributed by atoms with E-state index in [1.165, 1.54) is 0 Å². The van der Waals surface area contributed by atoms with Gasteiger partial charge in [-0.2, -0.15) is 0 Å². The predicted octanol–water partition coefficient (Wildman–Crippen LogP) is 4.03. The molecular weight excluding hydrogens is 380 g/mol. The number of nitrogens with one attached hydrogen (secondary N) is 2. The number of rotatable bonds is 5. The topological polar surface area (TPSA) is 85.4 Å². The summed E-state index contributed by atoms with van der Waals surface area (Å²) in [5, 5.41) is 7.21. The molecule has 1 aliphatic heterocycles. The molecule has 0 saturated carbocycles. The van der Waals surface area contributed by atoms with Crippen LogP contribution in [0.2, 0.25) is 0 Å². The summed E-state index contributed by atoms with van der Waals surface area (Å²) in [5.41, 5.74) is 3.13. The summed E-state index contributed by atoms with van der Waals surface area (Å²) in [7, 11) is 0. The van der Waals surface area contributed by atoms with Crippen LogP contribution in [0.5, 0.6) is 11.5 Å². The zero-order chi connectivity index (χ0) is 20.3. The first-order valence-electron chi connectivity index (χ1n) is 9.50. The Kier molecular flexibility index (Phi) is 4.61. The molecule has 0 aliphatic carbocycles. The molecule has 1 aliphatic rings. The Bertz CT molecular complexity index is 1240. The van der Waals surface area contributed by atoms with E-state index in [0.717, 1.165) is 27.9 Å². The summed E-state index contributed by atoms with van der Waals surface area (Å²) < 4.78 is 10.7. The number of ether oxygens (including phenoxy) is 2. The van der Waals surface area contributed by atoms with Gasteiger partial charge < -0.3 is 20.1 Å². The smallest absolute Gasteiger partial charge is 0.251 e. The maximum absolute atomic E-state index is 12.6. The number of para-hydroxylation sites is 1. The van der Waals surface area contributed by atoms with Crippen molar-refractivity contribution in [2.45, 2.75) is 6.54 Å². The highest BCUT2D eigenvalue weighted by atomic mass is 16.7. The third kappa shape index (κ3) is 3.60. The van der Waals surface area contributed by atoms with Crippen LogP contribution in [-0.4, -0.2) is 22.7 Å². The monoisotopic (exact) mass is 398 g/mol. The molecule has 0 atom stereocenters. The van der Waals surface area contributed by atoms with Crippen molar-refractivity contribution >= 4 is 28.3 Å². The van der Waals surface area contributed by atoms with Crippen molar-refractivity contribution < 1.29 is 14.3 Å². The van der Waals surface area contributed by atoms with Crippen LogP contribution in [0.15, 0.2) is 73.1 Å². The second-order valence-electron chi connectivity index (χ2n) is 6.81. The molecule has 0 spiro atoms. The largest absolute Gasteiger partial charge is 0.454 e. The SMILES string of the molecule is O=C(NCc1ccc2c(c1)OCO2)c1ccnc(Nc2cccc3cccnc23)c1. The zero-order valence-corrected chi connectivity index (χ0v) is 16.0. The number of amides is 1. The van der Waals surface area contributed by atoms with Gasteiger partial charge in [0.25, 0.3) is 5.91 Å². The Hall–Kier alpha value is -4.13. The van der Waals surface area contributed by atoms with Crippen LogP contribution in [0.3, 0.4) is 0 Å². The van der Waals surface area contributed by atoms with E-state index in [9.17, 15) is 4.79 Å². The van der Waals surface area contributed by atoms with E-state index in [1.54, 1.807) is 24.5 Å². The molecule has 7 heteroatoms. The minimum atomic E-state index is -0.186. The third-order valence-electron chi connectivity index (χ3n) is 4.81. The van der Waals surface area contributed by atoms with Gasteiger partial charge in [0.15, 0.2) is 11.5 Å². The summed E-state index contributed by atoms with van der Waals surface area (Å²) in [6.45, 7) is 0.609. The molecular formula is C23H18N4O3. The van der Waals surface area contributed by atoms with Crippen LogP contribution in [0.1, 0.15) is 15.9 Å². The Morgan fingerprint density at radius 2 is 1.83 bits per heavy atom. The van der Waals surface area contributed by atoms with Gasteiger partial charge >= 0.3 is 0 Å². The summed E-state index contributed by atoms with van der Waals surface area (Å²) in [6, 6.07) is 18.8. The molecule has 0 radical (unpaired) electrons. The minimum absolute atomic E-state index is 0.186. The Balaban J connectivity index is 1.30. The van der Waals surface area contributed by atoms with Gasteiger partial charge in [-0.05, 0) is 42.0 Å². The van der Waals surface area contributed by atoms with Gasteiger partial charge in [0.1, 0.15) is 5.82 Å². The Morgan fingerprint density at radius 3 is 2.80 bits per heavy atom. The number of hydrogen-bond acceptors (Lipinski definition) is 6. The highest BCUT2D eigenvalue weighted by Crippen LogP contribution is 2.32. The van der Waals surface area contributed by atoms with Crippen molar-refractivity contribution in [3.8, 4) is 11.5 Å². The van der Waals surface area contributed by atoms with E-state index >= 15 is 0 Å². The van der Waals surface area contributed by atoms with Crippen molar-refractivity contribution in [3.63, 3.8) is 0 Å². The number of carbonyl (C=O) groups is 1. The van der Waals surface area contributed by atoms with Crippen LogP contribution in [0, 0.1) is 0 Å². The van der Waals surface area contributed by atoms with Gasteiger partial charge in [-0.25, -0.2) is 4.98 Å². The molecule has 7 nitrogen and oxygen atoms in total. The lowest BCUT2D eigenvalue weighted by atomic mass is 10.1. The number of carbonyl (C=O) groups excluding carboxylic acids is 1. The molecule has 0 bridgehead atoms. The fourth-order valence-electron chi connectivity index (χ4n) is 3.32. The lowest BCUT2D eigenvalue weighted by molar-refractivity contribution is 0.0950. The first-order valence-corrected chi connectivity index (χ1v) is 9.50. The molecule has 2 aromatic carbocycles. The average molecular weight is 398 g/mol. The highest BCUT2D eigenvalue weighted by molar-refractivity contribution is 5.96. The van der Waals surface area contributed by atoms with E-state index in [4.69, 9.17) is 9.47 Å². The van der Waals surface area contributed by atoms with Gasteiger partial charge in [-0.1, -0.05) is 24.3 Å². The van der Waals surface area contributed by atoms with Gasteiger partial charge in [0.2, 0.25) is 6.79 Å². The maximum atomic E-state index is 12.6. The molecule has 30 heavy (non-hydrogen) atoms. The number of nitrogens with zero attached hydrogens (tertiary/aromatic N) is 2. The van der Waals surface area contributed by atoms with Gasteiger partial charge in [0, 0.05) is 29.9 Å². The van der Waals surface area contributed by atoms with Crippen molar-refractivity contribution in [1.29, 1.82) is 0 Å². The number of benzene rings is 2. The van der Waals surface area contributed by atoms with Crippen molar-refractivity contribution in [2.75, 3.05) is 12.1 Å². The Labute approximate surface area is 172 Å². The van der Waals surface area contributed by atoms with E-state index in [0.29, 0.717) is 23.7 Å². The minimum Gasteiger partial charge on any atom is -0.454 e. The number of fused-ring (bicyclic) bond motifs is 2. The van der Waals surface area contributed by atoms with Gasteiger partial charge in [0.05, 0.1) is 11.2 Å². The zero-order valence-electron chi connectivity index (χ0n) is 16.0. The third-order valence-corrected chi connectivity index (χ3v) is 4.81. The van der Waals surface area contributed by atoms with Crippen LogP contribution in [0.25, 0.3) is 10.9 Å². The highest BCUT2D eigenvalue weighted by Gasteiger charge is 2.14. The molecule has 3 heterocycles. The second kappa shape index (κ2) is 7.71. The number of anilines is 2. The molecule has 1 amide bonds. The van der Waals surface area contributed by atoms with Gasteiger partial charge in [-0.3, -0.25) is 9.78 Å². The van der Waals surface area contributed by atoms with Gasteiger partial charge in [-0.15, -0.1) is 0 Å². The first kappa shape index (κ1) is 17.9.